The lowest BCUT2D eigenvalue weighted by Crippen LogP contribution is -1.99. The molecule has 0 bridgehead atoms. The van der Waals surface area contributed by atoms with Gasteiger partial charge in [-0.25, -0.2) is 9.59 Å². The molecule has 212 valence electrons. The van der Waals surface area contributed by atoms with E-state index in [0.717, 1.165) is 56.6 Å². The van der Waals surface area contributed by atoms with Crippen molar-refractivity contribution >= 4 is 88.2 Å². The first-order chi connectivity index (χ1) is 20.2. The van der Waals surface area contributed by atoms with Gasteiger partial charge < -0.3 is 24.5 Å². The third-order valence-electron chi connectivity index (χ3n) is 6.71. The van der Waals surface area contributed by atoms with Crippen molar-refractivity contribution in [1.82, 2.24) is 9.97 Å². The van der Waals surface area contributed by atoms with E-state index in [1.165, 1.54) is 14.2 Å². The van der Waals surface area contributed by atoms with Gasteiger partial charge in [0.05, 0.1) is 25.3 Å². The topological polar surface area (TPSA) is 104 Å². The van der Waals surface area contributed by atoms with E-state index in [2.05, 4.69) is 64.4 Å². The zero-order valence-corrected chi connectivity index (χ0v) is 27.6. The van der Waals surface area contributed by atoms with Gasteiger partial charge in [0.2, 0.25) is 0 Å². The SMILES string of the molecule is COC(=O)c1c[nH]c2cc(Br)c(-c3ccc(-c4ccccc4O)cc3)cc12.COC(=O)c1c[nH]c2cc(Br)c(I)cc12. The van der Waals surface area contributed by atoms with Crippen molar-refractivity contribution in [3.05, 3.63) is 109 Å². The zero-order chi connectivity index (χ0) is 30.0. The van der Waals surface area contributed by atoms with Gasteiger partial charge in [0.15, 0.2) is 0 Å². The predicted molar refractivity (Wildman–Crippen MR) is 180 cm³/mol. The maximum atomic E-state index is 12.0. The lowest BCUT2D eigenvalue weighted by atomic mass is 9.98. The van der Waals surface area contributed by atoms with Crippen LogP contribution in [-0.4, -0.2) is 41.2 Å². The molecule has 0 amide bonds. The van der Waals surface area contributed by atoms with Crippen molar-refractivity contribution in [1.29, 1.82) is 0 Å². The second-order valence-corrected chi connectivity index (χ2v) is 12.0. The fourth-order valence-corrected chi connectivity index (χ4v) is 5.97. The van der Waals surface area contributed by atoms with Gasteiger partial charge in [-0.1, -0.05) is 58.4 Å². The van der Waals surface area contributed by atoms with E-state index >= 15 is 0 Å². The molecule has 10 heteroatoms. The van der Waals surface area contributed by atoms with Crippen LogP contribution >= 0.6 is 54.5 Å². The van der Waals surface area contributed by atoms with Crippen molar-refractivity contribution in [2.24, 2.45) is 0 Å². The number of aromatic hydroxyl groups is 1. The first-order valence-corrected chi connectivity index (χ1v) is 15.2. The van der Waals surface area contributed by atoms with Crippen molar-refractivity contribution < 1.29 is 24.2 Å². The number of para-hydroxylation sites is 1. The highest BCUT2D eigenvalue weighted by Crippen LogP contribution is 2.36. The minimum atomic E-state index is -0.371. The van der Waals surface area contributed by atoms with Gasteiger partial charge >= 0.3 is 11.9 Å². The van der Waals surface area contributed by atoms with Crippen molar-refractivity contribution in [2.75, 3.05) is 14.2 Å². The van der Waals surface area contributed by atoms with Crippen LogP contribution in [-0.2, 0) is 9.47 Å². The molecule has 0 unspecified atom stereocenters. The van der Waals surface area contributed by atoms with Gasteiger partial charge in [-0.3, -0.25) is 0 Å². The Bertz CT molecular complexity index is 1950. The smallest absolute Gasteiger partial charge is 0.340 e. The number of esters is 2. The van der Waals surface area contributed by atoms with Crippen LogP contribution in [0.1, 0.15) is 20.7 Å². The number of nitrogens with one attached hydrogen (secondary N) is 2. The molecule has 6 aromatic rings. The average molecular weight is 802 g/mol. The number of carbonyl (C=O) groups is 2. The Morgan fingerprint density at radius 3 is 1.76 bits per heavy atom. The Hall–Kier alpha value is -3.61. The minimum absolute atomic E-state index is 0.253. The van der Waals surface area contributed by atoms with Crippen LogP contribution in [0.15, 0.2) is 94.1 Å². The van der Waals surface area contributed by atoms with E-state index in [9.17, 15) is 14.7 Å². The highest BCUT2D eigenvalue weighted by molar-refractivity contribution is 14.1. The number of phenols is 1. The van der Waals surface area contributed by atoms with E-state index in [-0.39, 0.29) is 17.7 Å². The number of ether oxygens (including phenoxy) is 2. The monoisotopic (exact) mass is 800 g/mol. The molecule has 0 radical (unpaired) electrons. The number of fused-ring (bicyclic) bond motifs is 2. The van der Waals surface area contributed by atoms with E-state index in [1.807, 2.05) is 60.7 Å². The minimum Gasteiger partial charge on any atom is -0.507 e. The molecule has 4 aromatic carbocycles. The number of halogens is 3. The highest BCUT2D eigenvalue weighted by atomic mass is 127. The molecule has 2 aromatic heterocycles. The molecule has 0 aliphatic carbocycles. The van der Waals surface area contributed by atoms with E-state index in [1.54, 1.807) is 24.5 Å². The van der Waals surface area contributed by atoms with E-state index in [0.29, 0.717) is 11.1 Å². The number of aromatic nitrogens is 2. The van der Waals surface area contributed by atoms with Crippen LogP contribution < -0.4 is 0 Å². The number of rotatable bonds is 4. The Balaban J connectivity index is 0.000000199. The Morgan fingerprint density at radius 1 is 0.714 bits per heavy atom. The second kappa shape index (κ2) is 12.7. The largest absolute Gasteiger partial charge is 0.507 e. The van der Waals surface area contributed by atoms with Gasteiger partial charge in [-0.15, -0.1) is 0 Å². The number of hydrogen-bond acceptors (Lipinski definition) is 5. The summed E-state index contributed by atoms with van der Waals surface area (Å²) in [4.78, 5) is 29.5. The maximum absolute atomic E-state index is 12.0. The lowest BCUT2D eigenvalue weighted by molar-refractivity contribution is 0.0594. The maximum Gasteiger partial charge on any atom is 0.340 e. The zero-order valence-electron chi connectivity index (χ0n) is 22.3. The third kappa shape index (κ3) is 5.97. The molecular weight excluding hydrogens is 779 g/mol. The summed E-state index contributed by atoms with van der Waals surface area (Å²) in [5, 5.41) is 11.7. The standard InChI is InChI=1S/C22H16BrNO3.C10H7BrINO2/c1-27-22(26)18-12-24-20-11-19(23)16(10-17(18)20)14-8-6-13(7-9-14)15-4-2-3-5-21(15)25;1-15-10(14)6-4-13-9-3-7(11)8(12)2-5(6)9/h2-12,24-25H,1H3;2-4,13H,1H3. The quantitative estimate of drug-likeness (QED) is 0.122. The fourth-order valence-electron chi connectivity index (χ4n) is 4.59. The Labute approximate surface area is 271 Å². The van der Waals surface area contributed by atoms with Crippen molar-refractivity contribution in [3.63, 3.8) is 0 Å². The lowest BCUT2D eigenvalue weighted by Gasteiger charge is -2.09. The number of phenolic OH excluding ortho intramolecular Hbond substituents is 1. The van der Waals surface area contributed by atoms with Crippen LogP contribution in [0, 0.1) is 3.57 Å². The molecule has 6 rings (SSSR count). The molecule has 3 N–H and O–H groups in total. The Morgan fingerprint density at radius 2 is 1.21 bits per heavy atom. The fraction of sp³-hybridized carbons (Fsp3) is 0.0625. The molecule has 2 heterocycles. The summed E-state index contributed by atoms with van der Waals surface area (Å²) < 4.78 is 12.5. The predicted octanol–water partition coefficient (Wildman–Crippen LogP) is 9.08. The van der Waals surface area contributed by atoms with Crippen molar-refractivity contribution in [3.8, 4) is 28.0 Å². The molecule has 0 saturated carbocycles. The third-order valence-corrected chi connectivity index (χ3v) is 9.66. The molecule has 0 aliphatic heterocycles. The number of methoxy groups -OCH3 is 2. The highest BCUT2D eigenvalue weighted by Gasteiger charge is 2.16. The average Bonchev–Trinajstić information content (AvgIpc) is 3.60. The second-order valence-electron chi connectivity index (χ2n) is 9.17. The van der Waals surface area contributed by atoms with Crippen LogP contribution in [0.4, 0.5) is 0 Å². The number of hydrogen-bond donors (Lipinski definition) is 3. The summed E-state index contributed by atoms with van der Waals surface area (Å²) in [5.41, 5.74) is 6.55. The molecule has 0 aliphatic rings. The summed E-state index contributed by atoms with van der Waals surface area (Å²) in [7, 11) is 2.75. The van der Waals surface area contributed by atoms with Crippen molar-refractivity contribution in [2.45, 2.75) is 0 Å². The molecular formula is C32H23Br2IN2O5. The van der Waals surface area contributed by atoms with Crippen LogP contribution in [0.3, 0.4) is 0 Å². The molecule has 0 spiro atoms. The van der Waals surface area contributed by atoms with E-state index in [4.69, 9.17) is 9.47 Å². The molecule has 0 atom stereocenters. The number of carbonyl (C=O) groups excluding carboxylic acids is 2. The molecule has 0 saturated heterocycles. The van der Waals surface area contributed by atoms with E-state index < -0.39 is 0 Å². The van der Waals surface area contributed by atoms with Gasteiger partial charge in [0.1, 0.15) is 5.75 Å². The van der Waals surface area contributed by atoms with Crippen LogP contribution in [0.25, 0.3) is 44.1 Å². The summed E-state index contributed by atoms with van der Waals surface area (Å²) in [6, 6.07) is 23.0. The first kappa shape index (κ1) is 29.9. The molecule has 0 fully saturated rings. The summed E-state index contributed by atoms with van der Waals surface area (Å²) in [6.45, 7) is 0. The number of H-pyrrole nitrogens is 2. The molecule has 7 nitrogen and oxygen atoms in total. The van der Waals surface area contributed by atoms with Gasteiger partial charge in [-0.2, -0.15) is 0 Å². The normalized spacial score (nSPS) is 10.8. The van der Waals surface area contributed by atoms with Gasteiger partial charge in [0.25, 0.3) is 0 Å². The van der Waals surface area contributed by atoms with Crippen LogP contribution in [0.5, 0.6) is 5.75 Å². The summed E-state index contributed by atoms with van der Waals surface area (Å²) in [6.07, 6.45) is 3.33. The Kier molecular flexibility index (Phi) is 9.05. The van der Waals surface area contributed by atoms with Crippen LogP contribution in [0.2, 0.25) is 0 Å². The first-order valence-electron chi connectivity index (χ1n) is 12.5. The number of aromatic amines is 2. The number of benzene rings is 4. The van der Waals surface area contributed by atoms with Gasteiger partial charge in [-0.05, 0) is 85.5 Å². The summed E-state index contributed by atoms with van der Waals surface area (Å²) >= 11 is 9.26. The molecule has 42 heavy (non-hydrogen) atoms. The van der Waals surface area contributed by atoms with Gasteiger partial charge in [0, 0.05) is 52.3 Å². The summed E-state index contributed by atoms with van der Waals surface area (Å²) in [5.74, 6) is -0.438.